The second-order valence-electron chi connectivity index (χ2n) is 11.6. The SMILES string of the molecule is CCC[Si](CCC)(CCC)O[Si](CCC)(CCC)O[Si](CCC)(CCC)O[Si](CCC)(CCC)OC(C)=O. The van der Waals surface area contributed by atoms with Crippen LogP contribution in [-0.4, -0.2) is 40.0 Å². The highest BCUT2D eigenvalue weighted by atomic mass is 28.5. The van der Waals surface area contributed by atoms with E-state index in [1.54, 1.807) is 6.92 Å². The van der Waals surface area contributed by atoms with Crippen LogP contribution in [0.3, 0.4) is 0 Å². The van der Waals surface area contributed by atoms with Crippen molar-refractivity contribution in [2.45, 2.75) is 181 Å². The number of hydrogen-bond acceptors (Lipinski definition) is 5. The fourth-order valence-electron chi connectivity index (χ4n) is 6.56. The molecule has 0 fully saturated rings. The van der Waals surface area contributed by atoms with Crippen molar-refractivity contribution in [3.05, 3.63) is 0 Å². The van der Waals surface area contributed by atoms with Crippen LogP contribution in [0.4, 0.5) is 0 Å². The summed E-state index contributed by atoms with van der Waals surface area (Å²) in [6.07, 6.45) is 9.71. The second-order valence-corrected chi connectivity index (χ2v) is 26.5. The maximum Gasteiger partial charge on any atom is 0.392 e. The maximum absolute atomic E-state index is 12.4. The molecule has 5 nitrogen and oxygen atoms in total. The van der Waals surface area contributed by atoms with Gasteiger partial charge in [0.05, 0.1) is 0 Å². The Labute approximate surface area is 242 Å². The second kappa shape index (κ2) is 20.2. The van der Waals surface area contributed by atoms with Crippen molar-refractivity contribution >= 4 is 40.0 Å². The molecular formula is C29H66O5Si4. The van der Waals surface area contributed by atoms with Crippen molar-refractivity contribution in [1.82, 2.24) is 0 Å². The Morgan fingerprint density at radius 3 is 0.974 bits per heavy atom. The first-order valence-corrected chi connectivity index (χ1v) is 25.6. The van der Waals surface area contributed by atoms with Gasteiger partial charge in [0.25, 0.3) is 5.97 Å². The Hall–Kier alpha value is 0.218. The summed E-state index contributed by atoms with van der Waals surface area (Å²) in [5, 5.41) is 0. The van der Waals surface area contributed by atoms with Gasteiger partial charge in [-0.2, -0.15) is 0 Å². The van der Waals surface area contributed by atoms with E-state index in [-0.39, 0.29) is 5.97 Å². The van der Waals surface area contributed by atoms with Crippen LogP contribution in [0.5, 0.6) is 0 Å². The van der Waals surface area contributed by atoms with Crippen molar-refractivity contribution in [2.24, 2.45) is 0 Å². The summed E-state index contributed by atoms with van der Waals surface area (Å²) in [5.41, 5.74) is 0. The van der Waals surface area contributed by atoms with Crippen molar-refractivity contribution < 1.29 is 21.6 Å². The molecule has 228 valence electrons. The Bertz CT molecular complexity index is 585. The normalized spacial score (nSPS) is 13.2. The highest BCUT2D eigenvalue weighted by molar-refractivity contribution is 6.91. The first-order chi connectivity index (χ1) is 18.1. The Balaban J connectivity index is 6.94. The van der Waals surface area contributed by atoms with Gasteiger partial charge in [0, 0.05) is 19.0 Å². The van der Waals surface area contributed by atoms with E-state index >= 15 is 0 Å². The first-order valence-electron chi connectivity index (χ1n) is 16.4. The van der Waals surface area contributed by atoms with Crippen molar-refractivity contribution in [3.8, 4) is 0 Å². The Morgan fingerprint density at radius 1 is 0.421 bits per heavy atom. The third-order valence-corrected chi connectivity index (χ3v) is 29.0. The molecule has 38 heavy (non-hydrogen) atoms. The molecule has 0 aromatic carbocycles. The molecule has 0 atom stereocenters. The topological polar surface area (TPSA) is 54.0 Å². The molecule has 0 aromatic rings. The average molecular weight is 607 g/mol. The minimum atomic E-state index is -2.75. The van der Waals surface area contributed by atoms with Crippen molar-refractivity contribution in [1.29, 1.82) is 0 Å². The fraction of sp³-hybridized carbons (Fsp3) is 0.966. The molecule has 0 aliphatic rings. The lowest BCUT2D eigenvalue weighted by molar-refractivity contribution is -0.133. The van der Waals surface area contributed by atoms with Gasteiger partial charge in [-0.25, -0.2) is 0 Å². The van der Waals surface area contributed by atoms with Crippen LogP contribution in [0.1, 0.15) is 127 Å². The molecular weight excluding hydrogens is 541 g/mol. The van der Waals surface area contributed by atoms with Gasteiger partial charge in [-0.1, -0.05) is 120 Å². The van der Waals surface area contributed by atoms with Gasteiger partial charge in [-0.3, -0.25) is 4.79 Å². The summed E-state index contributed by atoms with van der Waals surface area (Å²) in [6.45, 7) is 22.0. The molecule has 0 spiro atoms. The molecule has 0 bridgehead atoms. The molecule has 0 heterocycles. The lowest BCUT2D eigenvalue weighted by atomic mass is 10.6. The van der Waals surface area contributed by atoms with Crippen LogP contribution in [0, 0.1) is 0 Å². The zero-order chi connectivity index (χ0) is 29.1. The van der Waals surface area contributed by atoms with E-state index in [0.717, 1.165) is 74.8 Å². The van der Waals surface area contributed by atoms with Gasteiger partial charge in [0.15, 0.2) is 8.32 Å². The predicted octanol–water partition coefficient (Wildman–Crippen LogP) is 10.6. The highest BCUT2D eigenvalue weighted by Crippen LogP contribution is 2.41. The van der Waals surface area contributed by atoms with Gasteiger partial charge in [-0.15, -0.1) is 0 Å². The van der Waals surface area contributed by atoms with Crippen LogP contribution < -0.4 is 0 Å². The summed E-state index contributed by atoms with van der Waals surface area (Å²) in [7, 11) is -9.96. The molecule has 0 amide bonds. The van der Waals surface area contributed by atoms with E-state index in [2.05, 4.69) is 62.3 Å². The summed E-state index contributed by atoms with van der Waals surface area (Å²) >= 11 is 0. The Morgan fingerprint density at radius 2 is 0.684 bits per heavy atom. The quantitative estimate of drug-likeness (QED) is 0.0967. The molecule has 0 unspecified atom stereocenters. The third kappa shape index (κ3) is 12.8. The summed E-state index contributed by atoms with van der Waals surface area (Å²) in [4.78, 5) is 12.4. The molecule has 0 aliphatic heterocycles. The largest absolute Gasteiger partial charge is 0.495 e. The fourth-order valence-corrected chi connectivity index (χ4v) is 31.2. The molecule has 0 N–H and O–H groups in total. The summed E-state index contributed by atoms with van der Waals surface area (Å²) < 4.78 is 29.1. The molecule has 0 aliphatic carbocycles. The lowest BCUT2D eigenvalue weighted by Crippen LogP contribution is -2.63. The monoisotopic (exact) mass is 606 g/mol. The number of carbonyl (C=O) groups is 1. The van der Waals surface area contributed by atoms with Gasteiger partial charge in [0.2, 0.25) is 0 Å². The molecule has 9 heteroatoms. The average Bonchev–Trinajstić information content (AvgIpc) is 2.80. The summed E-state index contributed by atoms with van der Waals surface area (Å²) in [6, 6.07) is 9.40. The maximum atomic E-state index is 12.4. The van der Waals surface area contributed by atoms with E-state index in [9.17, 15) is 4.79 Å². The Kier molecular flexibility index (Phi) is 20.3. The van der Waals surface area contributed by atoms with E-state index in [1.807, 2.05) is 0 Å². The first kappa shape index (κ1) is 38.2. The molecule has 0 saturated carbocycles. The lowest BCUT2D eigenvalue weighted by Gasteiger charge is -2.48. The third-order valence-electron chi connectivity index (χ3n) is 7.38. The van der Waals surface area contributed by atoms with Crippen LogP contribution in [-0.2, 0) is 21.6 Å². The van der Waals surface area contributed by atoms with Crippen molar-refractivity contribution in [2.75, 3.05) is 0 Å². The van der Waals surface area contributed by atoms with Crippen molar-refractivity contribution in [3.63, 3.8) is 0 Å². The van der Waals surface area contributed by atoms with E-state index in [1.165, 1.54) is 37.4 Å². The zero-order valence-electron chi connectivity index (χ0n) is 27.3. The van der Waals surface area contributed by atoms with Gasteiger partial charge < -0.3 is 16.8 Å². The van der Waals surface area contributed by atoms with Crippen LogP contribution >= 0.6 is 0 Å². The van der Waals surface area contributed by atoms with Gasteiger partial charge in [0.1, 0.15) is 0 Å². The molecule has 0 aromatic heterocycles. The molecule has 0 radical (unpaired) electrons. The van der Waals surface area contributed by atoms with Gasteiger partial charge in [-0.05, 0) is 42.3 Å². The summed E-state index contributed by atoms with van der Waals surface area (Å²) in [5.74, 6) is -0.198. The minimum absolute atomic E-state index is 0.198. The minimum Gasteiger partial charge on any atom is -0.495 e. The van der Waals surface area contributed by atoms with Gasteiger partial charge >= 0.3 is 25.7 Å². The highest BCUT2D eigenvalue weighted by Gasteiger charge is 2.55. The number of carbonyl (C=O) groups excluding carboxylic acids is 1. The number of hydrogen-bond donors (Lipinski definition) is 0. The van der Waals surface area contributed by atoms with Crippen LogP contribution in [0.25, 0.3) is 0 Å². The van der Waals surface area contributed by atoms with E-state index in [0.29, 0.717) is 0 Å². The predicted molar refractivity (Wildman–Crippen MR) is 174 cm³/mol. The van der Waals surface area contributed by atoms with Crippen LogP contribution in [0.15, 0.2) is 0 Å². The van der Waals surface area contributed by atoms with E-state index in [4.69, 9.17) is 16.8 Å². The standard InChI is InChI=1S/C29H66O5Si4/c1-11-20-35(21-12-2,22-13-3)32-37(25-16-6,26-17-7)34-38(27-18-8,28-19-9)33-36(23-14-4,24-15-5)31-29(10)30/h11-28H2,1-10H3. The molecule has 0 saturated heterocycles. The molecule has 0 rings (SSSR count). The van der Waals surface area contributed by atoms with E-state index < -0.39 is 34.0 Å². The van der Waals surface area contributed by atoms with Crippen LogP contribution in [0.2, 0.25) is 54.4 Å². The zero-order valence-corrected chi connectivity index (χ0v) is 31.3. The number of rotatable bonds is 25. The smallest absolute Gasteiger partial charge is 0.392 e.